The van der Waals surface area contributed by atoms with Gasteiger partial charge in [0.2, 0.25) is 11.8 Å². The fourth-order valence-corrected chi connectivity index (χ4v) is 6.42. The van der Waals surface area contributed by atoms with Crippen LogP contribution in [-0.2, 0) is 14.3 Å². The molecule has 3 fully saturated rings. The summed E-state index contributed by atoms with van der Waals surface area (Å²) in [4.78, 5) is 46.2. The van der Waals surface area contributed by atoms with Gasteiger partial charge in [-0.2, -0.15) is 0 Å². The molecule has 4 aliphatic rings. The lowest BCUT2D eigenvalue weighted by atomic mass is 10.0. The van der Waals surface area contributed by atoms with Crippen molar-refractivity contribution in [3.05, 3.63) is 52.8 Å². The third-order valence-corrected chi connectivity index (χ3v) is 8.48. The first kappa shape index (κ1) is 25.3. The highest BCUT2D eigenvalue weighted by Crippen LogP contribution is 2.33. The minimum absolute atomic E-state index is 0.0381. The first-order chi connectivity index (χ1) is 18.4. The monoisotopic (exact) mass is 540 g/mol. The maximum Gasteiger partial charge on any atom is 0.256 e. The van der Waals surface area contributed by atoms with Crippen LogP contribution in [0.1, 0.15) is 36.0 Å². The van der Waals surface area contributed by atoms with Crippen molar-refractivity contribution in [2.24, 2.45) is 0 Å². The lowest BCUT2D eigenvalue weighted by Crippen LogP contribution is -2.62. The number of hydrogen-bond acceptors (Lipinski definition) is 5. The van der Waals surface area contributed by atoms with E-state index in [-0.39, 0.29) is 41.9 Å². The second-order valence-electron chi connectivity index (χ2n) is 10.4. The standard InChI is InChI=1S/C28H30ClFN4O4/c29-18-4-5-20(22(30)15-18)17-3-6-23-21(14-17)27(36)34-11-10-32(16-25(34)26(35)31-23)28(37)24-2-1-9-33(24)19-7-12-38-13-8-19/h3-6,14-15,19,24-25H,1-2,7-13,16H2,(H,31,35). The van der Waals surface area contributed by atoms with Crippen LogP contribution in [0, 0.1) is 5.82 Å². The summed E-state index contributed by atoms with van der Waals surface area (Å²) in [7, 11) is 0. The van der Waals surface area contributed by atoms with Crippen LogP contribution in [0.3, 0.4) is 0 Å². The predicted molar refractivity (Wildman–Crippen MR) is 140 cm³/mol. The number of carbonyl (C=O) groups excluding carboxylic acids is 3. The number of ether oxygens (including phenoxy) is 1. The highest BCUT2D eigenvalue weighted by molar-refractivity contribution is 6.30. The minimum atomic E-state index is -0.791. The number of halogens is 2. The fourth-order valence-electron chi connectivity index (χ4n) is 6.26. The number of benzene rings is 2. The summed E-state index contributed by atoms with van der Waals surface area (Å²) in [6.45, 7) is 3.12. The quantitative estimate of drug-likeness (QED) is 0.645. The maximum absolute atomic E-state index is 14.6. The molecule has 2 atom stereocenters. The number of piperazine rings is 1. The maximum atomic E-state index is 14.6. The number of hydrogen-bond donors (Lipinski definition) is 1. The van der Waals surface area contributed by atoms with Crippen LogP contribution >= 0.6 is 11.6 Å². The highest BCUT2D eigenvalue weighted by Gasteiger charge is 2.44. The Bertz CT molecular complexity index is 1280. The van der Waals surface area contributed by atoms with Crippen molar-refractivity contribution in [1.29, 1.82) is 0 Å². The molecule has 0 spiro atoms. The smallest absolute Gasteiger partial charge is 0.256 e. The Kier molecular flexibility index (Phi) is 6.84. The van der Waals surface area contributed by atoms with Crippen molar-refractivity contribution >= 4 is 35.0 Å². The van der Waals surface area contributed by atoms with E-state index in [1.54, 1.807) is 35.2 Å². The molecule has 3 amide bonds. The molecule has 2 aromatic rings. The molecule has 2 aromatic carbocycles. The van der Waals surface area contributed by atoms with Gasteiger partial charge in [-0.15, -0.1) is 0 Å². The van der Waals surface area contributed by atoms with E-state index < -0.39 is 11.9 Å². The Morgan fingerprint density at radius 2 is 1.82 bits per heavy atom. The average molecular weight is 541 g/mol. The Balaban J connectivity index is 1.21. The molecule has 0 radical (unpaired) electrons. The summed E-state index contributed by atoms with van der Waals surface area (Å²) >= 11 is 5.90. The van der Waals surface area contributed by atoms with Gasteiger partial charge in [0.1, 0.15) is 11.9 Å². The van der Waals surface area contributed by atoms with Crippen LogP contribution in [0.5, 0.6) is 0 Å². The molecule has 1 N–H and O–H groups in total. The average Bonchev–Trinajstić information content (AvgIpc) is 3.39. The van der Waals surface area contributed by atoms with Gasteiger partial charge in [0.15, 0.2) is 0 Å². The first-order valence-electron chi connectivity index (χ1n) is 13.2. The van der Waals surface area contributed by atoms with Crippen LogP contribution in [0.15, 0.2) is 36.4 Å². The molecule has 2 unspecified atom stereocenters. The predicted octanol–water partition coefficient (Wildman–Crippen LogP) is 3.39. The topological polar surface area (TPSA) is 82.2 Å². The number of rotatable bonds is 3. The Labute approximate surface area is 225 Å². The number of anilines is 1. The van der Waals surface area contributed by atoms with Crippen LogP contribution in [0.25, 0.3) is 11.1 Å². The number of amides is 3. The van der Waals surface area contributed by atoms with Gasteiger partial charge in [0, 0.05) is 42.9 Å². The summed E-state index contributed by atoms with van der Waals surface area (Å²) in [5.74, 6) is -1.09. The van der Waals surface area contributed by atoms with Gasteiger partial charge in [0.25, 0.3) is 5.91 Å². The molecule has 3 saturated heterocycles. The van der Waals surface area contributed by atoms with Crippen molar-refractivity contribution in [1.82, 2.24) is 14.7 Å². The summed E-state index contributed by atoms with van der Waals surface area (Å²) in [6, 6.07) is 8.65. The fraction of sp³-hybridized carbons (Fsp3) is 0.464. The SMILES string of the molecule is O=C1Nc2ccc(-c3ccc(Cl)cc3F)cc2C(=O)N2CCN(C(=O)C3CCCN3C3CCOCC3)CC12. The van der Waals surface area contributed by atoms with Crippen LogP contribution in [-0.4, -0.2) is 89.9 Å². The van der Waals surface area contributed by atoms with Gasteiger partial charge in [-0.1, -0.05) is 17.7 Å². The molecule has 0 aromatic heterocycles. The van der Waals surface area contributed by atoms with E-state index in [4.69, 9.17) is 16.3 Å². The van der Waals surface area contributed by atoms with Crippen LogP contribution in [0.2, 0.25) is 5.02 Å². The molecule has 0 bridgehead atoms. The number of nitrogens with one attached hydrogen (secondary N) is 1. The van der Waals surface area contributed by atoms with Crippen molar-refractivity contribution in [2.45, 2.75) is 43.8 Å². The number of fused-ring (bicyclic) bond motifs is 2. The van der Waals surface area contributed by atoms with E-state index >= 15 is 0 Å². The minimum Gasteiger partial charge on any atom is -0.381 e. The van der Waals surface area contributed by atoms with Gasteiger partial charge in [0.05, 0.1) is 23.8 Å². The zero-order valence-electron chi connectivity index (χ0n) is 21.0. The van der Waals surface area contributed by atoms with Gasteiger partial charge in [-0.25, -0.2) is 4.39 Å². The van der Waals surface area contributed by atoms with Gasteiger partial charge < -0.3 is 19.9 Å². The van der Waals surface area contributed by atoms with Crippen molar-refractivity contribution in [3.63, 3.8) is 0 Å². The van der Waals surface area contributed by atoms with Crippen LogP contribution < -0.4 is 5.32 Å². The second-order valence-corrected chi connectivity index (χ2v) is 10.8. The van der Waals surface area contributed by atoms with E-state index in [1.165, 1.54) is 11.0 Å². The molecule has 4 heterocycles. The zero-order chi connectivity index (χ0) is 26.4. The largest absolute Gasteiger partial charge is 0.381 e. The third kappa shape index (κ3) is 4.57. The van der Waals surface area contributed by atoms with Gasteiger partial charge in [-0.3, -0.25) is 19.3 Å². The summed E-state index contributed by atoms with van der Waals surface area (Å²) in [6.07, 6.45) is 3.64. The van der Waals surface area contributed by atoms with Crippen molar-refractivity contribution < 1.29 is 23.5 Å². The lowest BCUT2D eigenvalue weighted by molar-refractivity contribution is -0.141. The molecule has 4 aliphatic heterocycles. The molecular formula is C28H30ClFN4O4. The summed E-state index contributed by atoms with van der Waals surface area (Å²) < 4.78 is 20.1. The van der Waals surface area contributed by atoms with Gasteiger partial charge in [-0.05, 0) is 68.1 Å². The number of nitrogens with zero attached hydrogens (tertiary/aromatic N) is 3. The molecule has 6 rings (SSSR count). The lowest BCUT2D eigenvalue weighted by Gasteiger charge is -2.42. The molecular weight excluding hydrogens is 511 g/mol. The molecule has 10 heteroatoms. The molecule has 8 nitrogen and oxygen atoms in total. The van der Waals surface area contributed by atoms with E-state index in [0.29, 0.717) is 35.0 Å². The summed E-state index contributed by atoms with van der Waals surface area (Å²) in [5, 5.41) is 3.15. The Hall–Kier alpha value is -3.01. The zero-order valence-corrected chi connectivity index (χ0v) is 21.8. The van der Waals surface area contributed by atoms with E-state index in [2.05, 4.69) is 10.2 Å². The normalized spacial score (nSPS) is 24.6. The number of carbonyl (C=O) groups is 3. The van der Waals surface area contributed by atoms with Crippen molar-refractivity contribution in [2.75, 3.05) is 44.7 Å². The third-order valence-electron chi connectivity index (χ3n) is 8.24. The van der Waals surface area contributed by atoms with Crippen molar-refractivity contribution in [3.8, 4) is 11.1 Å². The van der Waals surface area contributed by atoms with Crippen LogP contribution in [0.4, 0.5) is 10.1 Å². The molecule has 200 valence electrons. The molecule has 0 aliphatic carbocycles. The van der Waals surface area contributed by atoms with E-state index in [0.717, 1.165) is 45.4 Å². The van der Waals surface area contributed by atoms with Gasteiger partial charge >= 0.3 is 0 Å². The highest BCUT2D eigenvalue weighted by atomic mass is 35.5. The molecule has 0 saturated carbocycles. The van der Waals surface area contributed by atoms with E-state index in [1.807, 2.05) is 0 Å². The molecule has 38 heavy (non-hydrogen) atoms. The second kappa shape index (κ2) is 10.3. The Morgan fingerprint density at radius 1 is 1.00 bits per heavy atom. The first-order valence-corrected chi connectivity index (χ1v) is 13.6. The number of likely N-dealkylation sites (tertiary alicyclic amines) is 1. The summed E-state index contributed by atoms with van der Waals surface area (Å²) in [5.41, 5.74) is 1.52. The Morgan fingerprint density at radius 3 is 2.61 bits per heavy atom. The van der Waals surface area contributed by atoms with E-state index in [9.17, 15) is 18.8 Å².